The van der Waals surface area contributed by atoms with Crippen molar-refractivity contribution in [3.05, 3.63) is 33.9 Å². The summed E-state index contributed by atoms with van der Waals surface area (Å²) in [4.78, 5) is 19.3. The minimum atomic E-state index is -0.0476. The Balaban J connectivity index is 1.55. The van der Waals surface area contributed by atoms with Gasteiger partial charge in [0.15, 0.2) is 0 Å². The van der Waals surface area contributed by atoms with Gasteiger partial charge in [-0.15, -0.1) is 0 Å². The summed E-state index contributed by atoms with van der Waals surface area (Å²) in [7, 11) is 0. The molecule has 3 saturated heterocycles. The van der Waals surface area contributed by atoms with Crippen molar-refractivity contribution in [2.45, 2.75) is 38.0 Å². The molecule has 3 aliphatic heterocycles. The van der Waals surface area contributed by atoms with Crippen molar-refractivity contribution in [1.82, 2.24) is 20.1 Å². The van der Waals surface area contributed by atoms with Crippen LogP contribution in [-0.2, 0) is 6.42 Å². The van der Waals surface area contributed by atoms with Crippen molar-refractivity contribution in [3.8, 4) is 0 Å². The first-order valence-electron chi connectivity index (χ1n) is 8.88. The summed E-state index contributed by atoms with van der Waals surface area (Å²) in [6.07, 6.45) is 7.46. The maximum absolute atomic E-state index is 12.6. The summed E-state index contributed by atoms with van der Waals surface area (Å²) in [5.74, 6) is 1.96. The number of aryl methyl sites for hydroxylation is 1. The van der Waals surface area contributed by atoms with Crippen molar-refractivity contribution in [2.75, 3.05) is 19.6 Å². The number of hydrogen-bond donors (Lipinski definition) is 1. The Morgan fingerprint density at radius 2 is 2.13 bits per heavy atom. The van der Waals surface area contributed by atoms with Crippen LogP contribution < -0.4 is 5.56 Å². The molecule has 5 heteroatoms. The zero-order chi connectivity index (χ0) is 15.4. The van der Waals surface area contributed by atoms with Gasteiger partial charge in [-0.2, -0.15) is 5.10 Å². The summed E-state index contributed by atoms with van der Waals surface area (Å²) >= 11 is 0. The van der Waals surface area contributed by atoms with E-state index in [2.05, 4.69) is 20.1 Å². The standard InChI is InChI=1S/C18H22N4O/c23-18-16-12(9-13-10-22-7-4-11(13)5-8-22)1-2-14-17(16)15(21-20-14)3-6-19-18/h3,6,11-13,21H,1-2,4-5,7-10H2. The monoisotopic (exact) mass is 310 g/mol. The highest BCUT2D eigenvalue weighted by Gasteiger charge is 2.37. The molecule has 0 spiro atoms. The topological polar surface area (TPSA) is 61.9 Å². The van der Waals surface area contributed by atoms with E-state index in [4.69, 9.17) is 0 Å². The van der Waals surface area contributed by atoms with Crippen LogP contribution in [0.1, 0.15) is 42.9 Å². The minimum absolute atomic E-state index is 0.0476. The third kappa shape index (κ3) is 2.13. The fourth-order valence-corrected chi connectivity index (χ4v) is 5.14. The van der Waals surface area contributed by atoms with E-state index in [0.717, 1.165) is 53.3 Å². The average Bonchev–Trinajstić information content (AvgIpc) is 2.90. The normalized spacial score (nSPS) is 32.3. The van der Waals surface area contributed by atoms with E-state index in [0.29, 0.717) is 5.92 Å². The number of piperidine rings is 3. The van der Waals surface area contributed by atoms with Crippen LogP contribution in [0.3, 0.4) is 0 Å². The van der Waals surface area contributed by atoms with E-state index < -0.39 is 0 Å². The molecule has 2 aromatic heterocycles. The van der Waals surface area contributed by atoms with Gasteiger partial charge in [-0.1, -0.05) is 0 Å². The Morgan fingerprint density at radius 1 is 1.26 bits per heavy atom. The van der Waals surface area contributed by atoms with Crippen LogP contribution in [0.5, 0.6) is 0 Å². The van der Waals surface area contributed by atoms with Crippen molar-refractivity contribution in [1.29, 1.82) is 0 Å². The lowest BCUT2D eigenvalue weighted by Crippen LogP contribution is -2.47. The fourth-order valence-electron chi connectivity index (χ4n) is 5.14. The Kier molecular flexibility index (Phi) is 3.05. The molecule has 0 radical (unpaired) electrons. The maximum Gasteiger partial charge on any atom is 0.273 e. The molecule has 0 amide bonds. The zero-order valence-electron chi connectivity index (χ0n) is 13.3. The first-order chi connectivity index (χ1) is 11.3. The predicted molar refractivity (Wildman–Crippen MR) is 88.5 cm³/mol. The summed E-state index contributed by atoms with van der Waals surface area (Å²) in [5, 5.41) is 8.56. The molecule has 0 saturated carbocycles. The number of rotatable bonds is 2. The molecule has 2 unspecified atom stereocenters. The van der Waals surface area contributed by atoms with Crippen molar-refractivity contribution < 1.29 is 0 Å². The predicted octanol–water partition coefficient (Wildman–Crippen LogP) is 2.08. The molecular weight excluding hydrogens is 288 g/mol. The van der Waals surface area contributed by atoms with Crippen LogP contribution in [0.25, 0.3) is 10.9 Å². The van der Waals surface area contributed by atoms with Gasteiger partial charge in [-0.05, 0) is 69.0 Å². The molecule has 3 fully saturated rings. The second kappa shape index (κ2) is 5.13. The smallest absolute Gasteiger partial charge is 0.273 e. The van der Waals surface area contributed by atoms with Crippen LogP contribution in [0.15, 0.2) is 17.1 Å². The van der Waals surface area contributed by atoms with Gasteiger partial charge in [0.1, 0.15) is 0 Å². The molecule has 23 heavy (non-hydrogen) atoms. The summed E-state index contributed by atoms with van der Waals surface area (Å²) in [6, 6.07) is 1.88. The van der Waals surface area contributed by atoms with Crippen molar-refractivity contribution >= 4 is 10.9 Å². The van der Waals surface area contributed by atoms with Gasteiger partial charge in [-0.25, -0.2) is 4.98 Å². The van der Waals surface area contributed by atoms with Crippen molar-refractivity contribution in [3.63, 3.8) is 0 Å². The highest BCUT2D eigenvalue weighted by atomic mass is 16.1. The Labute approximate surface area is 135 Å². The van der Waals surface area contributed by atoms with Gasteiger partial charge < -0.3 is 4.90 Å². The summed E-state index contributed by atoms with van der Waals surface area (Å²) in [5.41, 5.74) is 2.89. The number of aromatic amines is 1. The number of fused-ring (bicyclic) bond motifs is 3. The molecule has 0 aromatic carbocycles. The van der Waals surface area contributed by atoms with E-state index in [9.17, 15) is 4.79 Å². The van der Waals surface area contributed by atoms with Crippen LogP contribution in [0.2, 0.25) is 0 Å². The number of hydrogen-bond acceptors (Lipinski definition) is 4. The largest absolute Gasteiger partial charge is 0.303 e. The number of H-pyrrole nitrogens is 1. The van der Waals surface area contributed by atoms with Crippen molar-refractivity contribution in [2.24, 2.45) is 11.8 Å². The maximum atomic E-state index is 12.6. The van der Waals surface area contributed by atoms with Crippen LogP contribution >= 0.6 is 0 Å². The Morgan fingerprint density at radius 3 is 2.91 bits per heavy atom. The summed E-state index contributed by atoms with van der Waals surface area (Å²) < 4.78 is 0. The lowest BCUT2D eigenvalue weighted by molar-refractivity contribution is 0.0425. The van der Waals surface area contributed by atoms with Gasteiger partial charge in [0, 0.05) is 23.7 Å². The van der Waals surface area contributed by atoms with Gasteiger partial charge in [0.2, 0.25) is 0 Å². The molecule has 5 heterocycles. The number of nitrogens with one attached hydrogen (secondary N) is 1. The van der Waals surface area contributed by atoms with Gasteiger partial charge in [0.25, 0.3) is 5.56 Å². The molecule has 5 nitrogen and oxygen atoms in total. The highest BCUT2D eigenvalue weighted by Crippen LogP contribution is 2.42. The van der Waals surface area contributed by atoms with E-state index in [1.807, 2.05) is 6.07 Å². The fraction of sp³-hybridized carbons (Fsp3) is 0.611. The zero-order valence-corrected chi connectivity index (χ0v) is 13.3. The van der Waals surface area contributed by atoms with E-state index >= 15 is 0 Å². The number of aromatic nitrogens is 3. The van der Waals surface area contributed by atoms with Crippen LogP contribution in [0, 0.1) is 11.8 Å². The molecule has 2 aromatic rings. The van der Waals surface area contributed by atoms with Crippen LogP contribution in [-0.4, -0.2) is 39.7 Å². The van der Waals surface area contributed by atoms with E-state index in [-0.39, 0.29) is 5.56 Å². The van der Waals surface area contributed by atoms with E-state index in [1.54, 1.807) is 6.20 Å². The first kappa shape index (κ1) is 13.7. The number of nitrogens with zero attached hydrogens (tertiary/aromatic N) is 3. The molecule has 1 aliphatic carbocycles. The SMILES string of the molecule is O=c1nccc2[nH]nc3c2c1C(CC1CN2CCC1CC2)CC3. The Hall–Kier alpha value is -1.75. The third-order valence-electron chi connectivity index (χ3n) is 6.32. The van der Waals surface area contributed by atoms with Gasteiger partial charge >= 0.3 is 0 Å². The lowest BCUT2D eigenvalue weighted by Gasteiger charge is -2.46. The Bertz CT molecular complexity index is 806. The molecular formula is C18H22N4O. The van der Waals surface area contributed by atoms with Crippen LogP contribution in [0.4, 0.5) is 0 Å². The molecule has 2 bridgehead atoms. The molecule has 6 rings (SSSR count). The molecule has 2 atom stereocenters. The second-order valence-electron chi connectivity index (χ2n) is 7.49. The first-order valence-corrected chi connectivity index (χ1v) is 8.88. The van der Waals surface area contributed by atoms with E-state index in [1.165, 1.54) is 32.5 Å². The second-order valence-corrected chi connectivity index (χ2v) is 7.49. The third-order valence-corrected chi connectivity index (χ3v) is 6.32. The molecule has 1 N–H and O–H groups in total. The quantitative estimate of drug-likeness (QED) is 0.922. The summed E-state index contributed by atoms with van der Waals surface area (Å²) in [6.45, 7) is 3.77. The minimum Gasteiger partial charge on any atom is -0.303 e. The average molecular weight is 310 g/mol. The highest BCUT2D eigenvalue weighted by molar-refractivity contribution is 5.85. The molecule has 120 valence electrons. The lowest BCUT2D eigenvalue weighted by atomic mass is 9.72. The van der Waals surface area contributed by atoms with Gasteiger partial charge in [0.05, 0.1) is 11.2 Å². The van der Waals surface area contributed by atoms with Gasteiger partial charge in [-0.3, -0.25) is 9.89 Å². The molecule has 4 aliphatic rings.